The minimum absolute atomic E-state index is 0.268. The van der Waals surface area contributed by atoms with Crippen molar-refractivity contribution >= 4 is 5.95 Å². The van der Waals surface area contributed by atoms with Gasteiger partial charge in [0, 0.05) is 24.8 Å². The summed E-state index contributed by atoms with van der Waals surface area (Å²) in [6.45, 7) is 0.616. The van der Waals surface area contributed by atoms with Gasteiger partial charge in [-0.2, -0.15) is 4.98 Å². The molecule has 0 radical (unpaired) electrons. The molecule has 0 aromatic carbocycles. The van der Waals surface area contributed by atoms with Gasteiger partial charge < -0.3 is 15.8 Å². The first-order chi connectivity index (χ1) is 8.33. The van der Waals surface area contributed by atoms with Crippen molar-refractivity contribution in [1.29, 1.82) is 0 Å². The van der Waals surface area contributed by atoms with Crippen LogP contribution in [0.1, 0.15) is 25.7 Å². The summed E-state index contributed by atoms with van der Waals surface area (Å²) in [4.78, 5) is 8.44. The molecular formula is C12H20N4O. The van der Waals surface area contributed by atoms with E-state index in [4.69, 9.17) is 10.5 Å². The van der Waals surface area contributed by atoms with Crippen molar-refractivity contribution in [2.24, 2.45) is 11.7 Å². The summed E-state index contributed by atoms with van der Waals surface area (Å²) in [5.74, 6) is 1.83. The topological polar surface area (TPSA) is 73.1 Å². The third-order valence-electron chi connectivity index (χ3n) is 3.38. The molecule has 1 aliphatic carbocycles. The van der Waals surface area contributed by atoms with Gasteiger partial charge in [-0.3, -0.25) is 0 Å². The van der Waals surface area contributed by atoms with E-state index in [1.807, 2.05) is 0 Å². The van der Waals surface area contributed by atoms with Gasteiger partial charge in [0.1, 0.15) is 0 Å². The molecule has 0 aliphatic heterocycles. The molecule has 0 spiro atoms. The fourth-order valence-electron chi connectivity index (χ4n) is 2.42. The lowest BCUT2D eigenvalue weighted by Gasteiger charge is -2.23. The first-order valence-corrected chi connectivity index (χ1v) is 6.17. The third kappa shape index (κ3) is 3.06. The molecule has 1 fully saturated rings. The number of nitrogens with two attached hydrogens (primary N) is 1. The molecule has 0 amide bonds. The highest BCUT2D eigenvalue weighted by molar-refractivity contribution is 5.29. The molecule has 17 heavy (non-hydrogen) atoms. The van der Waals surface area contributed by atoms with Gasteiger partial charge in [-0.1, -0.05) is 12.8 Å². The average molecular weight is 236 g/mol. The van der Waals surface area contributed by atoms with Gasteiger partial charge in [-0.05, 0) is 18.8 Å². The molecule has 1 heterocycles. The van der Waals surface area contributed by atoms with E-state index < -0.39 is 0 Å². The van der Waals surface area contributed by atoms with Crippen LogP contribution >= 0.6 is 0 Å². The van der Waals surface area contributed by atoms with Crippen LogP contribution in [0.5, 0.6) is 5.88 Å². The van der Waals surface area contributed by atoms with Crippen LogP contribution in [0.15, 0.2) is 12.3 Å². The molecule has 0 saturated heterocycles. The second-order valence-corrected chi connectivity index (χ2v) is 4.45. The zero-order valence-corrected chi connectivity index (χ0v) is 10.2. The van der Waals surface area contributed by atoms with Gasteiger partial charge in [0.15, 0.2) is 0 Å². The van der Waals surface area contributed by atoms with E-state index in [0.29, 0.717) is 24.3 Å². The number of methoxy groups -OCH3 is 1. The summed E-state index contributed by atoms with van der Waals surface area (Å²) in [6, 6.07) is 2.00. The average Bonchev–Trinajstić information content (AvgIpc) is 2.90. The van der Waals surface area contributed by atoms with Gasteiger partial charge in [0.2, 0.25) is 11.8 Å². The van der Waals surface area contributed by atoms with Crippen LogP contribution in [0.2, 0.25) is 0 Å². The lowest BCUT2D eigenvalue weighted by atomic mass is 9.98. The van der Waals surface area contributed by atoms with E-state index in [9.17, 15) is 0 Å². The van der Waals surface area contributed by atoms with Crippen LogP contribution in [0.25, 0.3) is 0 Å². The van der Waals surface area contributed by atoms with Crippen molar-refractivity contribution in [1.82, 2.24) is 9.97 Å². The Morgan fingerprint density at radius 1 is 1.53 bits per heavy atom. The van der Waals surface area contributed by atoms with Crippen LogP contribution in [0.4, 0.5) is 5.95 Å². The second-order valence-electron chi connectivity index (χ2n) is 4.45. The molecule has 1 aromatic heterocycles. The molecule has 1 aliphatic rings. The van der Waals surface area contributed by atoms with Crippen LogP contribution in [0, 0.1) is 5.92 Å². The van der Waals surface area contributed by atoms with Crippen LogP contribution in [-0.4, -0.2) is 29.7 Å². The van der Waals surface area contributed by atoms with E-state index in [1.54, 1.807) is 19.4 Å². The van der Waals surface area contributed by atoms with Crippen molar-refractivity contribution in [3.05, 3.63) is 12.3 Å². The van der Waals surface area contributed by atoms with E-state index in [1.165, 1.54) is 25.7 Å². The lowest BCUT2D eigenvalue weighted by molar-refractivity contribution is 0.396. The summed E-state index contributed by atoms with van der Waals surface area (Å²) in [6.07, 6.45) is 6.80. The van der Waals surface area contributed by atoms with Gasteiger partial charge >= 0.3 is 0 Å². The van der Waals surface area contributed by atoms with E-state index in [0.717, 1.165) is 0 Å². The Bertz CT molecular complexity index is 352. The Morgan fingerprint density at radius 3 is 2.94 bits per heavy atom. The number of rotatable bonds is 5. The SMILES string of the molecule is COc1ccnc(NC(CN)C2CCCC2)n1. The fourth-order valence-corrected chi connectivity index (χ4v) is 2.42. The highest BCUT2D eigenvalue weighted by Crippen LogP contribution is 2.28. The number of hydrogen-bond donors (Lipinski definition) is 2. The van der Waals surface area contributed by atoms with Gasteiger partial charge in [-0.15, -0.1) is 0 Å². The van der Waals surface area contributed by atoms with Crippen LogP contribution in [-0.2, 0) is 0 Å². The number of nitrogens with zero attached hydrogens (tertiary/aromatic N) is 2. The fraction of sp³-hybridized carbons (Fsp3) is 0.667. The molecule has 1 saturated carbocycles. The lowest BCUT2D eigenvalue weighted by Crippen LogP contribution is -2.35. The second kappa shape index (κ2) is 5.82. The van der Waals surface area contributed by atoms with Crippen molar-refractivity contribution in [2.45, 2.75) is 31.7 Å². The quantitative estimate of drug-likeness (QED) is 0.808. The van der Waals surface area contributed by atoms with Gasteiger partial charge in [-0.25, -0.2) is 4.98 Å². The predicted molar refractivity (Wildman–Crippen MR) is 67.0 cm³/mol. The minimum atomic E-state index is 0.268. The minimum Gasteiger partial charge on any atom is -0.481 e. The predicted octanol–water partition coefficient (Wildman–Crippen LogP) is 1.41. The highest BCUT2D eigenvalue weighted by atomic mass is 16.5. The largest absolute Gasteiger partial charge is 0.481 e. The molecule has 1 atom stereocenters. The Morgan fingerprint density at radius 2 is 2.29 bits per heavy atom. The Hall–Kier alpha value is -1.36. The van der Waals surface area contributed by atoms with Crippen molar-refractivity contribution in [3.8, 4) is 5.88 Å². The Labute approximate surface area is 102 Å². The zero-order valence-electron chi connectivity index (χ0n) is 10.2. The molecule has 2 rings (SSSR count). The Balaban J connectivity index is 2.01. The van der Waals surface area contributed by atoms with E-state index >= 15 is 0 Å². The number of aromatic nitrogens is 2. The van der Waals surface area contributed by atoms with Gasteiger partial charge in [0.25, 0.3) is 0 Å². The van der Waals surface area contributed by atoms with Crippen molar-refractivity contribution < 1.29 is 4.74 Å². The first-order valence-electron chi connectivity index (χ1n) is 6.17. The standard InChI is InChI=1S/C12H20N4O/c1-17-11-6-7-14-12(16-11)15-10(8-13)9-4-2-3-5-9/h6-7,9-10H,2-5,8,13H2,1H3,(H,14,15,16). The maximum atomic E-state index is 5.82. The zero-order chi connectivity index (χ0) is 12.1. The monoisotopic (exact) mass is 236 g/mol. The van der Waals surface area contributed by atoms with Crippen molar-refractivity contribution in [2.75, 3.05) is 19.0 Å². The van der Waals surface area contributed by atoms with Crippen LogP contribution in [0.3, 0.4) is 0 Å². The first kappa shape index (κ1) is 12.1. The number of anilines is 1. The summed E-state index contributed by atoms with van der Waals surface area (Å²) in [7, 11) is 1.60. The molecule has 5 nitrogen and oxygen atoms in total. The molecular weight excluding hydrogens is 216 g/mol. The maximum Gasteiger partial charge on any atom is 0.226 e. The summed E-state index contributed by atoms with van der Waals surface area (Å²) in [5.41, 5.74) is 5.82. The highest BCUT2D eigenvalue weighted by Gasteiger charge is 2.24. The van der Waals surface area contributed by atoms with Gasteiger partial charge in [0.05, 0.1) is 7.11 Å². The van der Waals surface area contributed by atoms with E-state index in [2.05, 4.69) is 15.3 Å². The molecule has 94 valence electrons. The molecule has 5 heteroatoms. The Kier molecular flexibility index (Phi) is 4.14. The molecule has 1 aromatic rings. The van der Waals surface area contributed by atoms with E-state index in [-0.39, 0.29) is 6.04 Å². The summed E-state index contributed by atoms with van der Waals surface area (Å²) in [5, 5.41) is 3.32. The summed E-state index contributed by atoms with van der Waals surface area (Å²) >= 11 is 0. The van der Waals surface area contributed by atoms with Crippen molar-refractivity contribution in [3.63, 3.8) is 0 Å². The van der Waals surface area contributed by atoms with Crippen LogP contribution < -0.4 is 15.8 Å². The smallest absolute Gasteiger partial charge is 0.226 e. The summed E-state index contributed by atoms with van der Waals surface area (Å²) < 4.78 is 5.07. The number of ether oxygens (including phenoxy) is 1. The number of nitrogens with one attached hydrogen (secondary N) is 1. The molecule has 3 N–H and O–H groups in total. The molecule has 0 bridgehead atoms. The maximum absolute atomic E-state index is 5.82. The molecule has 1 unspecified atom stereocenters. The normalized spacial score (nSPS) is 18.0. The third-order valence-corrected chi connectivity index (χ3v) is 3.38. The number of hydrogen-bond acceptors (Lipinski definition) is 5.